The van der Waals surface area contributed by atoms with E-state index in [0.29, 0.717) is 21.2 Å². The second kappa shape index (κ2) is 6.70. The number of aromatic nitrogens is 3. The van der Waals surface area contributed by atoms with E-state index in [-0.39, 0.29) is 18.1 Å². The summed E-state index contributed by atoms with van der Waals surface area (Å²) in [4.78, 5) is 28.9. The standard InChI is InChI=1S/C16H14ClN3O3S/c1-9(2)14-19-20-13(21)7-12(18-16(20)24-14)8-23-15(22)10-3-5-11(17)6-4-10/h3-7,9H,8H2,1-2H3. The van der Waals surface area contributed by atoms with Crippen LogP contribution >= 0.6 is 22.9 Å². The van der Waals surface area contributed by atoms with Crippen molar-refractivity contribution in [3.8, 4) is 0 Å². The first kappa shape index (κ1) is 16.6. The van der Waals surface area contributed by atoms with Crippen molar-refractivity contribution in [3.63, 3.8) is 0 Å². The van der Waals surface area contributed by atoms with Gasteiger partial charge in [-0.05, 0) is 24.3 Å². The van der Waals surface area contributed by atoms with Crippen LogP contribution in [0.3, 0.4) is 0 Å². The van der Waals surface area contributed by atoms with E-state index in [0.717, 1.165) is 5.01 Å². The number of rotatable bonds is 4. The molecule has 2 aromatic heterocycles. The van der Waals surface area contributed by atoms with Crippen molar-refractivity contribution in [2.24, 2.45) is 0 Å². The maximum Gasteiger partial charge on any atom is 0.338 e. The molecule has 124 valence electrons. The normalized spacial score (nSPS) is 11.2. The molecular formula is C16H14ClN3O3S. The number of benzene rings is 1. The van der Waals surface area contributed by atoms with Gasteiger partial charge < -0.3 is 4.74 Å². The molecule has 0 spiro atoms. The van der Waals surface area contributed by atoms with Gasteiger partial charge >= 0.3 is 5.97 Å². The van der Waals surface area contributed by atoms with Gasteiger partial charge in [0.2, 0.25) is 4.96 Å². The van der Waals surface area contributed by atoms with Crippen LogP contribution in [0.2, 0.25) is 5.02 Å². The topological polar surface area (TPSA) is 73.6 Å². The SMILES string of the molecule is CC(C)c1nn2c(=O)cc(COC(=O)c3ccc(Cl)cc3)nc2s1. The molecule has 1 aromatic carbocycles. The molecule has 0 saturated heterocycles. The molecular weight excluding hydrogens is 350 g/mol. The van der Waals surface area contributed by atoms with E-state index in [2.05, 4.69) is 10.1 Å². The Morgan fingerprint density at radius 2 is 2.04 bits per heavy atom. The minimum Gasteiger partial charge on any atom is -0.456 e. The van der Waals surface area contributed by atoms with E-state index in [9.17, 15) is 9.59 Å². The van der Waals surface area contributed by atoms with Gasteiger partial charge in [-0.1, -0.05) is 36.8 Å². The molecule has 0 saturated carbocycles. The average Bonchev–Trinajstić information content (AvgIpc) is 2.98. The minimum atomic E-state index is -0.499. The number of halogens is 1. The number of hydrogen-bond donors (Lipinski definition) is 0. The van der Waals surface area contributed by atoms with E-state index in [1.54, 1.807) is 24.3 Å². The molecule has 24 heavy (non-hydrogen) atoms. The van der Waals surface area contributed by atoms with Gasteiger partial charge in [-0.2, -0.15) is 9.61 Å². The van der Waals surface area contributed by atoms with Crippen molar-refractivity contribution < 1.29 is 9.53 Å². The molecule has 0 aliphatic heterocycles. The molecule has 0 bridgehead atoms. The Balaban J connectivity index is 1.79. The van der Waals surface area contributed by atoms with Gasteiger partial charge in [0.05, 0.1) is 11.3 Å². The van der Waals surface area contributed by atoms with Crippen molar-refractivity contribution in [2.45, 2.75) is 26.4 Å². The van der Waals surface area contributed by atoms with Crippen LogP contribution in [0.4, 0.5) is 0 Å². The molecule has 3 rings (SSSR count). The van der Waals surface area contributed by atoms with Crippen LogP contribution in [-0.4, -0.2) is 20.6 Å². The lowest BCUT2D eigenvalue weighted by Gasteiger charge is -2.04. The molecule has 0 atom stereocenters. The molecule has 3 aromatic rings. The number of hydrogen-bond acceptors (Lipinski definition) is 6. The van der Waals surface area contributed by atoms with Gasteiger partial charge in [0.1, 0.15) is 11.6 Å². The Bertz CT molecular complexity index is 947. The predicted molar refractivity (Wildman–Crippen MR) is 91.8 cm³/mol. The summed E-state index contributed by atoms with van der Waals surface area (Å²) in [7, 11) is 0. The van der Waals surface area contributed by atoms with Crippen LogP contribution in [0.15, 0.2) is 35.1 Å². The molecule has 0 N–H and O–H groups in total. The fourth-order valence-corrected chi connectivity index (χ4v) is 3.04. The number of ether oxygens (including phenoxy) is 1. The van der Waals surface area contributed by atoms with Gasteiger partial charge in [-0.3, -0.25) is 4.79 Å². The fraction of sp³-hybridized carbons (Fsp3) is 0.250. The van der Waals surface area contributed by atoms with Crippen molar-refractivity contribution in [1.29, 1.82) is 0 Å². The lowest BCUT2D eigenvalue weighted by molar-refractivity contribution is 0.0468. The summed E-state index contributed by atoms with van der Waals surface area (Å²) < 4.78 is 6.47. The molecule has 6 nitrogen and oxygen atoms in total. The van der Waals surface area contributed by atoms with Crippen molar-refractivity contribution in [2.75, 3.05) is 0 Å². The first-order chi connectivity index (χ1) is 11.4. The summed E-state index contributed by atoms with van der Waals surface area (Å²) in [5.41, 5.74) is 0.485. The van der Waals surface area contributed by atoms with Crippen LogP contribution < -0.4 is 5.56 Å². The van der Waals surface area contributed by atoms with Crippen LogP contribution in [0.5, 0.6) is 0 Å². The maximum absolute atomic E-state index is 12.1. The summed E-state index contributed by atoms with van der Waals surface area (Å²) in [6, 6.07) is 7.70. The zero-order chi connectivity index (χ0) is 17.3. The lowest BCUT2D eigenvalue weighted by atomic mass is 10.2. The monoisotopic (exact) mass is 363 g/mol. The largest absolute Gasteiger partial charge is 0.456 e. The third-order valence-electron chi connectivity index (χ3n) is 3.24. The first-order valence-corrected chi connectivity index (χ1v) is 8.46. The van der Waals surface area contributed by atoms with Crippen LogP contribution in [-0.2, 0) is 11.3 Å². The molecule has 0 unspecified atom stereocenters. The Labute approximate surface area is 146 Å². The molecule has 8 heteroatoms. The highest BCUT2D eigenvalue weighted by Crippen LogP contribution is 2.20. The van der Waals surface area contributed by atoms with Crippen molar-refractivity contribution in [3.05, 3.63) is 62.0 Å². The molecule has 0 fully saturated rings. The Morgan fingerprint density at radius 3 is 2.71 bits per heavy atom. The predicted octanol–water partition coefficient (Wildman–Crippen LogP) is 3.28. The lowest BCUT2D eigenvalue weighted by Crippen LogP contribution is -2.16. The van der Waals surface area contributed by atoms with Crippen molar-refractivity contribution >= 4 is 33.9 Å². The first-order valence-electron chi connectivity index (χ1n) is 7.26. The molecule has 0 radical (unpaired) electrons. The van der Waals surface area contributed by atoms with Gasteiger partial charge in [-0.15, -0.1) is 0 Å². The third-order valence-corrected chi connectivity index (χ3v) is 4.70. The molecule has 0 aliphatic carbocycles. The van der Waals surface area contributed by atoms with Gasteiger partial charge in [-0.25, -0.2) is 9.78 Å². The highest BCUT2D eigenvalue weighted by atomic mass is 35.5. The van der Waals surface area contributed by atoms with Crippen LogP contribution in [0.1, 0.15) is 40.8 Å². The second-order valence-electron chi connectivity index (χ2n) is 5.46. The Kier molecular flexibility index (Phi) is 4.64. The van der Waals surface area contributed by atoms with E-state index in [1.807, 2.05) is 13.8 Å². The van der Waals surface area contributed by atoms with Gasteiger partial charge in [0.15, 0.2) is 0 Å². The fourth-order valence-electron chi connectivity index (χ4n) is 1.99. The van der Waals surface area contributed by atoms with E-state index < -0.39 is 5.97 Å². The maximum atomic E-state index is 12.1. The van der Waals surface area contributed by atoms with Gasteiger partial charge in [0, 0.05) is 17.0 Å². The van der Waals surface area contributed by atoms with Crippen LogP contribution in [0, 0.1) is 0 Å². The number of esters is 1. The van der Waals surface area contributed by atoms with Crippen LogP contribution in [0.25, 0.3) is 4.96 Å². The van der Waals surface area contributed by atoms with E-state index in [1.165, 1.54) is 21.9 Å². The summed E-state index contributed by atoms with van der Waals surface area (Å²) >= 11 is 7.13. The third kappa shape index (κ3) is 3.47. The minimum absolute atomic E-state index is 0.0812. The second-order valence-corrected chi connectivity index (χ2v) is 6.88. The Hall–Kier alpha value is -2.25. The number of carbonyl (C=O) groups excluding carboxylic acids is 1. The highest BCUT2D eigenvalue weighted by Gasteiger charge is 2.13. The number of nitrogens with zero attached hydrogens (tertiary/aromatic N) is 3. The molecule has 2 heterocycles. The Morgan fingerprint density at radius 1 is 1.33 bits per heavy atom. The van der Waals surface area contributed by atoms with Crippen molar-refractivity contribution in [1.82, 2.24) is 14.6 Å². The zero-order valence-electron chi connectivity index (χ0n) is 13.0. The van der Waals surface area contributed by atoms with E-state index in [4.69, 9.17) is 16.3 Å². The summed E-state index contributed by atoms with van der Waals surface area (Å²) in [6.07, 6.45) is 0. The van der Waals surface area contributed by atoms with E-state index >= 15 is 0 Å². The number of carbonyl (C=O) groups is 1. The quantitative estimate of drug-likeness (QED) is 0.665. The summed E-state index contributed by atoms with van der Waals surface area (Å²) in [5, 5.41) is 5.61. The summed E-state index contributed by atoms with van der Waals surface area (Å²) in [5.74, 6) is -0.289. The summed E-state index contributed by atoms with van der Waals surface area (Å²) in [6.45, 7) is 3.91. The zero-order valence-corrected chi connectivity index (χ0v) is 14.6. The highest BCUT2D eigenvalue weighted by molar-refractivity contribution is 7.16. The average molecular weight is 364 g/mol. The molecule has 0 aliphatic rings. The number of fused-ring (bicyclic) bond motifs is 1. The van der Waals surface area contributed by atoms with Gasteiger partial charge in [0.25, 0.3) is 5.56 Å². The smallest absolute Gasteiger partial charge is 0.338 e. The molecule has 0 amide bonds.